The number of quaternary nitrogens is 1. The molecule has 3 unspecified atom stereocenters. The van der Waals surface area contributed by atoms with E-state index in [1.807, 2.05) is 27.2 Å². The molecule has 0 aliphatic carbocycles. The van der Waals surface area contributed by atoms with E-state index in [1.165, 1.54) is 167 Å². The van der Waals surface area contributed by atoms with Crippen LogP contribution in [0, 0.1) is 0 Å². The Bertz CT molecular complexity index is 1370. The van der Waals surface area contributed by atoms with E-state index in [2.05, 4.69) is 79.9 Å². The van der Waals surface area contributed by atoms with Gasteiger partial charge in [-0.1, -0.05) is 241 Å². The molecular formula is C61H114N2O6P+. The summed E-state index contributed by atoms with van der Waals surface area (Å²) in [4.78, 5) is 23.3. The highest BCUT2D eigenvalue weighted by Gasteiger charge is 2.27. The van der Waals surface area contributed by atoms with Crippen molar-refractivity contribution in [3.63, 3.8) is 0 Å². The van der Waals surface area contributed by atoms with Crippen molar-refractivity contribution in [3.05, 3.63) is 72.9 Å². The van der Waals surface area contributed by atoms with Gasteiger partial charge in [0.1, 0.15) is 13.2 Å². The van der Waals surface area contributed by atoms with Gasteiger partial charge in [-0.25, -0.2) is 4.57 Å². The first-order valence-corrected chi connectivity index (χ1v) is 30.8. The highest BCUT2D eigenvalue weighted by atomic mass is 31.2. The predicted molar refractivity (Wildman–Crippen MR) is 304 cm³/mol. The molecule has 9 heteroatoms. The van der Waals surface area contributed by atoms with E-state index in [9.17, 15) is 19.4 Å². The number of phosphoric ester groups is 1. The number of carbonyl (C=O) groups excluding carboxylic acids is 1. The van der Waals surface area contributed by atoms with Gasteiger partial charge in [0.15, 0.2) is 0 Å². The number of nitrogens with zero attached hydrogens (tertiary/aromatic N) is 1. The number of allylic oxidation sites excluding steroid dienone is 11. The van der Waals surface area contributed by atoms with Crippen LogP contribution in [0.1, 0.15) is 258 Å². The number of carbonyl (C=O) groups is 1. The molecule has 8 nitrogen and oxygen atoms in total. The number of hydrogen-bond donors (Lipinski definition) is 3. The highest BCUT2D eigenvalue weighted by molar-refractivity contribution is 7.47. The van der Waals surface area contributed by atoms with E-state index >= 15 is 0 Å². The minimum absolute atomic E-state index is 0.0477. The summed E-state index contributed by atoms with van der Waals surface area (Å²) in [5, 5.41) is 13.9. The summed E-state index contributed by atoms with van der Waals surface area (Å²) in [5.74, 6) is -0.204. The molecule has 0 heterocycles. The van der Waals surface area contributed by atoms with Crippen LogP contribution in [-0.4, -0.2) is 73.4 Å². The summed E-state index contributed by atoms with van der Waals surface area (Å²) in [5.41, 5.74) is 0. The fraction of sp³-hybridized carbons (Fsp3) is 0.787. The lowest BCUT2D eigenvalue weighted by atomic mass is 10.0. The molecule has 0 fully saturated rings. The van der Waals surface area contributed by atoms with Crippen LogP contribution in [0.2, 0.25) is 0 Å². The molecule has 408 valence electrons. The summed E-state index contributed by atoms with van der Waals surface area (Å²) in [6.45, 7) is 4.78. The Labute approximate surface area is 434 Å². The summed E-state index contributed by atoms with van der Waals surface area (Å²) in [7, 11) is 1.53. The smallest absolute Gasteiger partial charge is 0.387 e. The van der Waals surface area contributed by atoms with Crippen LogP contribution in [0.3, 0.4) is 0 Å². The second kappa shape index (κ2) is 51.8. The Kier molecular flexibility index (Phi) is 50.3. The van der Waals surface area contributed by atoms with Crippen LogP contribution >= 0.6 is 7.82 Å². The molecule has 0 aromatic heterocycles. The van der Waals surface area contributed by atoms with Gasteiger partial charge < -0.3 is 19.8 Å². The summed E-state index contributed by atoms with van der Waals surface area (Å²) in [6, 6.07) is -0.882. The van der Waals surface area contributed by atoms with Gasteiger partial charge in [0.25, 0.3) is 0 Å². The van der Waals surface area contributed by atoms with Crippen molar-refractivity contribution >= 4 is 13.7 Å². The molecule has 0 bridgehead atoms. The lowest BCUT2D eigenvalue weighted by molar-refractivity contribution is -0.870. The van der Waals surface area contributed by atoms with Crippen LogP contribution in [0.15, 0.2) is 72.9 Å². The maximum Gasteiger partial charge on any atom is 0.472 e. The Balaban J connectivity index is 4.32. The summed E-state index contributed by atoms with van der Waals surface area (Å²) in [6.07, 6.45) is 71.5. The van der Waals surface area contributed by atoms with Crippen LogP contribution < -0.4 is 5.32 Å². The van der Waals surface area contributed by atoms with Gasteiger partial charge in [-0.15, -0.1) is 0 Å². The lowest BCUT2D eigenvalue weighted by Crippen LogP contribution is -2.45. The Morgan fingerprint density at radius 3 is 1.24 bits per heavy atom. The molecule has 0 rings (SSSR count). The Morgan fingerprint density at radius 1 is 0.486 bits per heavy atom. The van der Waals surface area contributed by atoms with Gasteiger partial charge >= 0.3 is 7.82 Å². The summed E-state index contributed by atoms with van der Waals surface area (Å²) < 4.78 is 23.7. The zero-order valence-electron chi connectivity index (χ0n) is 46.5. The highest BCUT2D eigenvalue weighted by Crippen LogP contribution is 2.43. The molecule has 0 radical (unpaired) electrons. The number of aliphatic hydroxyl groups is 1. The van der Waals surface area contributed by atoms with Gasteiger partial charge in [-0.2, -0.15) is 0 Å². The van der Waals surface area contributed by atoms with Gasteiger partial charge in [0.05, 0.1) is 39.9 Å². The van der Waals surface area contributed by atoms with Crippen molar-refractivity contribution in [2.45, 2.75) is 270 Å². The van der Waals surface area contributed by atoms with Crippen molar-refractivity contribution in [1.82, 2.24) is 5.32 Å². The second-order valence-corrected chi connectivity index (χ2v) is 22.4. The van der Waals surface area contributed by atoms with Gasteiger partial charge in [0, 0.05) is 6.42 Å². The molecule has 0 aliphatic heterocycles. The maximum absolute atomic E-state index is 13.0. The molecule has 0 spiro atoms. The fourth-order valence-corrected chi connectivity index (χ4v) is 8.99. The zero-order chi connectivity index (χ0) is 51.3. The molecule has 70 heavy (non-hydrogen) atoms. The number of aliphatic hydroxyl groups excluding tert-OH is 1. The van der Waals surface area contributed by atoms with Gasteiger partial charge in [-0.05, 0) is 83.5 Å². The molecular weight excluding hydrogens is 888 g/mol. The minimum Gasteiger partial charge on any atom is -0.387 e. The van der Waals surface area contributed by atoms with Crippen LogP contribution in [0.4, 0.5) is 0 Å². The lowest BCUT2D eigenvalue weighted by Gasteiger charge is -2.25. The van der Waals surface area contributed by atoms with E-state index < -0.39 is 20.0 Å². The number of amides is 1. The van der Waals surface area contributed by atoms with Crippen molar-refractivity contribution < 1.29 is 32.9 Å². The first-order valence-electron chi connectivity index (χ1n) is 29.3. The number of hydrogen-bond acceptors (Lipinski definition) is 5. The van der Waals surface area contributed by atoms with E-state index in [0.717, 1.165) is 70.6 Å². The quantitative estimate of drug-likeness (QED) is 0.0243. The monoisotopic (exact) mass is 1000 g/mol. The van der Waals surface area contributed by atoms with Crippen molar-refractivity contribution in [3.8, 4) is 0 Å². The standard InChI is InChI=1S/C61H113N2O6P/c1-6-8-10-12-14-16-18-20-22-24-26-28-29-30-31-32-33-35-36-38-40-42-44-46-48-50-52-54-60(64)59(58-69-70(66,67)68-57-56-63(3,4)5)62-61(65)55-53-51-49-47-45-43-41-39-37-34-27-25-23-21-19-17-15-13-11-9-7-2/h19,21,25,27,36-39,44,46,52,54,59-60,64H,6-18,20,22-24,26,28-35,40-43,45,47-51,53,55-58H2,1-5H3,(H-,62,65,66,67)/p+1/b21-19-,27-25-,38-36+,39-37-,46-44+,54-52+. The fourth-order valence-electron chi connectivity index (χ4n) is 8.26. The SMILES string of the molecule is CCCCCCC/C=C\C/C=C\C/C=C\CCCCCCCCC(=O)NC(COP(=O)(O)OCC[N+](C)(C)C)C(O)/C=C/CC/C=C/CC/C=C/CCCCCCCCCCCCCCCCCCC. The third-order valence-electron chi connectivity index (χ3n) is 12.9. The van der Waals surface area contributed by atoms with E-state index in [-0.39, 0.29) is 19.1 Å². The molecule has 3 N–H and O–H groups in total. The molecule has 0 saturated heterocycles. The topological polar surface area (TPSA) is 105 Å². The molecule has 0 aliphatic rings. The molecule has 0 aromatic carbocycles. The first kappa shape index (κ1) is 67.9. The largest absolute Gasteiger partial charge is 0.472 e. The summed E-state index contributed by atoms with van der Waals surface area (Å²) >= 11 is 0. The van der Waals surface area contributed by atoms with Crippen molar-refractivity contribution in [1.29, 1.82) is 0 Å². The average Bonchev–Trinajstić information content (AvgIpc) is 3.32. The van der Waals surface area contributed by atoms with E-state index in [1.54, 1.807) is 6.08 Å². The van der Waals surface area contributed by atoms with E-state index in [4.69, 9.17) is 9.05 Å². The molecule has 0 saturated carbocycles. The molecule has 1 amide bonds. The number of phosphoric acid groups is 1. The third-order valence-corrected chi connectivity index (χ3v) is 13.9. The third kappa shape index (κ3) is 53.7. The number of likely N-dealkylation sites (N-methyl/N-ethyl adjacent to an activating group) is 1. The predicted octanol–water partition coefficient (Wildman–Crippen LogP) is 17.9. The van der Waals surface area contributed by atoms with Crippen LogP contribution in [0.25, 0.3) is 0 Å². The van der Waals surface area contributed by atoms with Crippen LogP contribution in [0.5, 0.6) is 0 Å². The van der Waals surface area contributed by atoms with Crippen LogP contribution in [-0.2, 0) is 18.4 Å². The number of unbranched alkanes of at least 4 members (excludes halogenated alkanes) is 30. The second-order valence-electron chi connectivity index (χ2n) is 21.0. The average molecular weight is 1000 g/mol. The molecule has 0 aromatic rings. The van der Waals surface area contributed by atoms with Gasteiger partial charge in [-0.3, -0.25) is 13.8 Å². The van der Waals surface area contributed by atoms with E-state index in [0.29, 0.717) is 17.4 Å². The Hall–Kier alpha value is -2.06. The van der Waals surface area contributed by atoms with Gasteiger partial charge in [0.2, 0.25) is 5.91 Å². The first-order chi connectivity index (χ1) is 34.0. The van der Waals surface area contributed by atoms with Crippen molar-refractivity contribution in [2.24, 2.45) is 0 Å². The number of nitrogens with one attached hydrogen (secondary N) is 1. The van der Waals surface area contributed by atoms with Crippen molar-refractivity contribution in [2.75, 3.05) is 40.9 Å². The maximum atomic E-state index is 13.0. The number of rotatable bonds is 53. The molecule has 3 atom stereocenters. The normalized spacial score (nSPS) is 14.4. The zero-order valence-corrected chi connectivity index (χ0v) is 47.4. The Morgan fingerprint density at radius 2 is 0.829 bits per heavy atom. The minimum atomic E-state index is -4.37.